The number of alkyl halides is 6. The summed E-state index contributed by atoms with van der Waals surface area (Å²) in [6.07, 6.45) is -6.96. The lowest BCUT2D eigenvalue weighted by Crippen LogP contribution is -2.57. The Kier molecular flexibility index (Phi) is 9.06. The Labute approximate surface area is 244 Å². The maximum atomic E-state index is 13.6. The van der Waals surface area contributed by atoms with Gasteiger partial charge in [0.2, 0.25) is 5.91 Å². The molecule has 42 heavy (non-hydrogen) atoms. The van der Waals surface area contributed by atoms with Crippen molar-refractivity contribution in [3.63, 3.8) is 0 Å². The van der Waals surface area contributed by atoms with E-state index in [1.807, 2.05) is 32.0 Å². The molecule has 0 radical (unpaired) electrons. The van der Waals surface area contributed by atoms with Crippen molar-refractivity contribution >= 4 is 29.5 Å². The van der Waals surface area contributed by atoms with E-state index >= 15 is 0 Å². The van der Waals surface area contributed by atoms with Crippen LogP contribution < -0.4 is 0 Å². The van der Waals surface area contributed by atoms with Crippen LogP contribution in [0.4, 0.5) is 26.3 Å². The third-order valence-electron chi connectivity index (χ3n) is 7.22. The van der Waals surface area contributed by atoms with Crippen molar-refractivity contribution in [2.45, 2.75) is 38.7 Å². The van der Waals surface area contributed by atoms with E-state index in [0.29, 0.717) is 17.2 Å². The third kappa shape index (κ3) is 7.53. The lowest BCUT2D eigenvalue weighted by molar-refractivity contribution is -0.143. The van der Waals surface area contributed by atoms with Crippen LogP contribution in [0.1, 0.15) is 43.7 Å². The Morgan fingerprint density at radius 1 is 0.857 bits per heavy atom. The predicted octanol–water partition coefficient (Wildman–Crippen LogP) is 7.60. The quantitative estimate of drug-likeness (QED) is 0.221. The minimum atomic E-state index is -5.09. The molecule has 0 spiro atoms. The van der Waals surface area contributed by atoms with Gasteiger partial charge in [0.15, 0.2) is 0 Å². The van der Waals surface area contributed by atoms with Crippen LogP contribution in [0.15, 0.2) is 66.7 Å². The van der Waals surface area contributed by atoms with Gasteiger partial charge in [0, 0.05) is 36.3 Å². The molecule has 1 atom stereocenters. The smallest absolute Gasteiger partial charge is 0.335 e. The van der Waals surface area contributed by atoms with Crippen LogP contribution in [0.2, 0.25) is 5.02 Å². The van der Waals surface area contributed by atoms with Gasteiger partial charge < -0.3 is 9.80 Å². The van der Waals surface area contributed by atoms with Crippen molar-refractivity contribution < 1.29 is 35.9 Å². The van der Waals surface area contributed by atoms with Crippen LogP contribution in [0.5, 0.6) is 0 Å². The molecule has 1 saturated heterocycles. The van der Waals surface area contributed by atoms with Crippen molar-refractivity contribution in [3.8, 4) is 0 Å². The number of piperazine rings is 1. The summed E-state index contributed by atoms with van der Waals surface area (Å²) in [5.74, 6) is -1.31. The average Bonchev–Trinajstić information content (AvgIpc) is 2.93. The maximum Gasteiger partial charge on any atom is 0.416 e. The molecule has 11 heteroatoms. The Bertz CT molecular complexity index is 1470. The molecule has 1 fully saturated rings. The van der Waals surface area contributed by atoms with Gasteiger partial charge in [-0.05, 0) is 78.9 Å². The largest absolute Gasteiger partial charge is 0.416 e. The number of aryl methyl sites for hydroxylation is 2. The molecule has 1 heterocycles. The Hall–Kier alpha value is -3.79. The zero-order chi connectivity index (χ0) is 30.8. The van der Waals surface area contributed by atoms with E-state index in [9.17, 15) is 35.9 Å². The first-order valence-electron chi connectivity index (χ1n) is 13.0. The van der Waals surface area contributed by atoms with Gasteiger partial charge in [-0.2, -0.15) is 26.3 Å². The summed E-state index contributed by atoms with van der Waals surface area (Å²) < 4.78 is 80.9. The summed E-state index contributed by atoms with van der Waals surface area (Å²) in [6, 6.07) is 12.6. The molecule has 3 aromatic rings. The number of rotatable bonds is 5. The highest BCUT2D eigenvalue weighted by Crippen LogP contribution is 2.37. The van der Waals surface area contributed by atoms with Gasteiger partial charge in [-0.15, -0.1) is 0 Å². The normalized spacial score (nSPS) is 16.3. The van der Waals surface area contributed by atoms with Crippen LogP contribution in [0, 0.1) is 13.8 Å². The highest BCUT2D eigenvalue weighted by atomic mass is 35.5. The van der Waals surface area contributed by atoms with Crippen LogP contribution >= 0.6 is 11.6 Å². The Morgan fingerprint density at radius 2 is 1.48 bits per heavy atom. The Balaban J connectivity index is 1.65. The number of amides is 2. The lowest BCUT2D eigenvalue weighted by Gasteiger charge is -2.41. The molecule has 3 aromatic carbocycles. The zero-order valence-electron chi connectivity index (χ0n) is 22.7. The highest BCUT2D eigenvalue weighted by molar-refractivity contribution is 6.30. The predicted molar refractivity (Wildman–Crippen MR) is 148 cm³/mol. The Morgan fingerprint density at radius 3 is 2.05 bits per heavy atom. The molecule has 2 amide bonds. The zero-order valence-corrected chi connectivity index (χ0v) is 23.4. The average molecular weight is 609 g/mol. The summed E-state index contributed by atoms with van der Waals surface area (Å²) in [5.41, 5.74) is -0.286. The van der Waals surface area contributed by atoms with Crippen molar-refractivity contribution in [1.29, 1.82) is 0 Å². The SMILES string of the molecule is Cc1ccc(CC2CN(C(=O)/C=C/c3ccc(Cl)cc3)CCN2C(=O)c2cc(C(F)(F)F)cc(C(F)(F)F)c2)cc1C. The van der Waals surface area contributed by atoms with E-state index in [4.69, 9.17) is 11.6 Å². The van der Waals surface area contributed by atoms with Gasteiger partial charge in [-0.1, -0.05) is 41.9 Å². The number of carbonyl (C=O) groups is 2. The number of benzene rings is 3. The molecule has 0 aliphatic carbocycles. The molecule has 0 saturated carbocycles. The van der Waals surface area contributed by atoms with Gasteiger partial charge in [-0.25, -0.2) is 0 Å². The first-order chi connectivity index (χ1) is 19.6. The van der Waals surface area contributed by atoms with E-state index < -0.39 is 41.0 Å². The minimum Gasteiger partial charge on any atom is -0.335 e. The molecule has 1 unspecified atom stereocenters. The minimum absolute atomic E-state index is 0.00698. The number of hydrogen-bond acceptors (Lipinski definition) is 2. The standard InChI is InChI=1S/C31H27ClF6N2O2/c1-19-3-4-22(13-20(19)2)14-27-18-39(28(41)10-7-21-5-8-26(32)9-6-21)11-12-40(27)29(42)23-15-24(30(33,34)35)17-25(16-23)31(36,37)38/h3-10,13,15-17,27H,11-12,14,18H2,1-2H3/b10-7+. The summed E-state index contributed by atoms with van der Waals surface area (Å²) >= 11 is 5.90. The molecule has 222 valence electrons. The second-order valence-corrected chi connectivity index (χ2v) is 10.7. The van der Waals surface area contributed by atoms with Crippen molar-refractivity contribution in [1.82, 2.24) is 9.80 Å². The molecule has 0 N–H and O–H groups in total. The second kappa shape index (κ2) is 12.2. The van der Waals surface area contributed by atoms with E-state index in [1.165, 1.54) is 15.9 Å². The van der Waals surface area contributed by atoms with Crippen molar-refractivity contribution in [2.75, 3.05) is 19.6 Å². The molecule has 0 bridgehead atoms. The monoisotopic (exact) mass is 608 g/mol. The van der Waals surface area contributed by atoms with Gasteiger partial charge >= 0.3 is 12.4 Å². The topological polar surface area (TPSA) is 40.6 Å². The highest BCUT2D eigenvalue weighted by Gasteiger charge is 2.39. The van der Waals surface area contributed by atoms with Crippen molar-refractivity contribution in [2.24, 2.45) is 0 Å². The molecule has 4 nitrogen and oxygen atoms in total. The fraction of sp³-hybridized carbons (Fsp3) is 0.290. The van der Waals surface area contributed by atoms with Crippen molar-refractivity contribution in [3.05, 3.63) is 111 Å². The van der Waals surface area contributed by atoms with E-state index in [-0.39, 0.29) is 38.0 Å². The number of hydrogen-bond donors (Lipinski definition) is 0. The summed E-state index contributed by atoms with van der Waals surface area (Å²) in [6.45, 7) is 3.83. The molecule has 1 aliphatic heterocycles. The first kappa shape index (κ1) is 31.2. The van der Waals surface area contributed by atoms with Gasteiger partial charge in [0.1, 0.15) is 0 Å². The van der Waals surface area contributed by atoms with Gasteiger partial charge in [0.25, 0.3) is 5.91 Å². The number of halogens is 7. The summed E-state index contributed by atoms with van der Waals surface area (Å²) in [5, 5.41) is 0.538. The first-order valence-corrected chi connectivity index (χ1v) is 13.4. The summed E-state index contributed by atoms with van der Waals surface area (Å²) in [7, 11) is 0. The third-order valence-corrected chi connectivity index (χ3v) is 7.47. The maximum absolute atomic E-state index is 13.6. The molecule has 1 aliphatic rings. The molecule has 0 aromatic heterocycles. The van der Waals surface area contributed by atoms with Gasteiger partial charge in [0.05, 0.1) is 17.2 Å². The molecular weight excluding hydrogens is 582 g/mol. The van der Waals surface area contributed by atoms with Crippen LogP contribution in [-0.2, 0) is 23.6 Å². The van der Waals surface area contributed by atoms with E-state index in [0.717, 1.165) is 22.3 Å². The number of nitrogens with zero attached hydrogens (tertiary/aromatic N) is 2. The second-order valence-electron chi connectivity index (χ2n) is 10.2. The summed E-state index contributed by atoms with van der Waals surface area (Å²) in [4.78, 5) is 29.4. The molecule has 4 rings (SSSR count). The van der Waals surface area contributed by atoms with Crippen LogP contribution in [0.25, 0.3) is 6.08 Å². The van der Waals surface area contributed by atoms with Crippen LogP contribution in [0.3, 0.4) is 0 Å². The fourth-order valence-electron chi connectivity index (χ4n) is 4.79. The van der Waals surface area contributed by atoms with E-state index in [2.05, 4.69) is 0 Å². The van der Waals surface area contributed by atoms with E-state index in [1.54, 1.807) is 30.3 Å². The number of carbonyl (C=O) groups excluding carboxylic acids is 2. The van der Waals surface area contributed by atoms with Gasteiger partial charge in [-0.3, -0.25) is 9.59 Å². The molecular formula is C31H27ClF6N2O2. The fourth-order valence-corrected chi connectivity index (χ4v) is 4.92. The lowest BCUT2D eigenvalue weighted by atomic mass is 9.97. The van der Waals surface area contributed by atoms with Crippen LogP contribution in [-0.4, -0.2) is 47.3 Å².